The number of rotatable bonds is 6. The Morgan fingerprint density at radius 1 is 1.00 bits per heavy atom. The van der Waals surface area contributed by atoms with Crippen molar-refractivity contribution in [3.8, 4) is 11.5 Å². The molecule has 0 amide bonds. The molecule has 1 aliphatic heterocycles. The molecule has 1 fully saturated rings. The van der Waals surface area contributed by atoms with Gasteiger partial charge < -0.3 is 9.15 Å². The number of aryl methyl sites for hydroxylation is 2. The van der Waals surface area contributed by atoms with Crippen LogP contribution in [0.5, 0.6) is 0 Å². The van der Waals surface area contributed by atoms with Gasteiger partial charge in [0.05, 0.1) is 18.4 Å². The highest BCUT2D eigenvalue weighted by Gasteiger charge is 2.22. The Labute approximate surface area is 167 Å². The number of oxazole rings is 1. The molecule has 146 valence electrons. The van der Waals surface area contributed by atoms with Crippen LogP contribution in [0, 0.1) is 13.8 Å². The van der Waals surface area contributed by atoms with Crippen LogP contribution in [0.2, 0.25) is 0 Å². The highest BCUT2D eigenvalue weighted by atomic mass is 16.5. The monoisotopic (exact) mass is 376 g/mol. The van der Waals surface area contributed by atoms with Gasteiger partial charge in [-0.1, -0.05) is 48.5 Å². The van der Waals surface area contributed by atoms with Crippen molar-refractivity contribution in [2.45, 2.75) is 45.9 Å². The third kappa shape index (κ3) is 4.51. The molecule has 1 aliphatic rings. The Morgan fingerprint density at radius 3 is 2.46 bits per heavy atom. The molecule has 2 aromatic carbocycles. The first-order chi connectivity index (χ1) is 13.7. The summed E-state index contributed by atoms with van der Waals surface area (Å²) in [4.78, 5) is 7.24. The van der Waals surface area contributed by atoms with Crippen LogP contribution in [0.1, 0.15) is 35.4 Å². The van der Waals surface area contributed by atoms with Gasteiger partial charge in [-0.3, -0.25) is 4.90 Å². The van der Waals surface area contributed by atoms with Gasteiger partial charge in [0.1, 0.15) is 5.76 Å². The summed E-state index contributed by atoms with van der Waals surface area (Å²) in [6.45, 7) is 7.71. The van der Waals surface area contributed by atoms with Gasteiger partial charge in [0, 0.05) is 25.2 Å². The van der Waals surface area contributed by atoms with Crippen LogP contribution in [0.25, 0.3) is 11.5 Å². The summed E-state index contributed by atoms with van der Waals surface area (Å²) >= 11 is 0. The second-order valence-corrected chi connectivity index (χ2v) is 7.61. The van der Waals surface area contributed by atoms with Crippen molar-refractivity contribution in [1.82, 2.24) is 9.88 Å². The molecule has 0 N–H and O–H groups in total. The van der Waals surface area contributed by atoms with Gasteiger partial charge in [0.2, 0.25) is 5.89 Å². The van der Waals surface area contributed by atoms with E-state index in [1.54, 1.807) is 0 Å². The number of hydrogen-bond donors (Lipinski definition) is 0. The van der Waals surface area contributed by atoms with Crippen LogP contribution < -0.4 is 0 Å². The minimum atomic E-state index is 0.345. The van der Waals surface area contributed by atoms with Crippen molar-refractivity contribution in [3.63, 3.8) is 0 Å². The highest BCUT2D eigenvalue weighted by molar-refractivity contribution is 5.58. The van der Waals surface area contributed by atoms with Crippen molar-refractivity contribution >= 4 is 0 Å². The lowest BCUT2D eigenvalue weighted by Crippen LogP contribution is -2.36. The predicted molar refractivity (Wildman–Crippen MR) is 111 cm³/mol. The lowest BCUT2D eigenvalue weighted by atomic mass is 10.1. The van der Waals surface area contributed by atoms with Gasteiger partial charge in [0.15, 0.2) is 0 Å². The van der Waals surface area contributed by atoms with Gasteiger partial charge in [-0.25, -0.2) is 4.98 Å². The number of benzene rings is 2. The van der Waals surface area contributed by atoms with E-state index < -0.39 is 0 Å². The van der Waals surface area contributed by atoms with E-state index in [-0.39, 0.29) is 0 Å². The molecule has 0 saturated carbocycles. The molecule has 4 rings (SSSR count). The quantitative estimate of drug-likeness (QED) is 0.597. The first-order valence-electron chi connectivity index (χ1n) is 10.1. The molecule has 0 bridgehead atoms. The van der Waals surface area contributed by atoms with E-state index in [0.717, 1.165) is 55.4 Å². The molecule has 0 aliphatic carbocycles. The summed E-state index contributed by atoms with van der Waals surface area (Å²) in [6.07, 6.45) is 2.47. The molecule has 2 heterocycles. The van der Waals surface area contributed by atoms with E-state index in [1.807, 2.05) is 25.1 Å². The van der Waals surface area contributed by atoms with Crippen LogP contribution in [-0.4, -0.2) is 29.1 Å². The Hall–Kier alpha value is -2.43. The standard InChI is InChI=1S/C24H28N2O2/c1-18-8-6-7-11-22(18)24-25-23(19(2)28-24)16-26-14-12-21(13-15-26)27-17-20-9-4-3-5-10-20/h3-11,21H,12-17H2,1-2H3. The Kier molecular flexibility index (Phi) is 5.89. The molecule has 0 radical (unpaired) electrons. The average Bonchev–Trinajstić information content (AvgIpc) is 3.08. The highest BCUT2D eigenvalue weighted by Crippen LogP contribution is 2.26. The summed E-state index contributed by atoms with van der Waals surface area (Å²) in [5, 5.41) is 0. The minimum absolute atomic E-state index is 0.345. The molecule has 28 heavy (non-hydrogen) atoms. The first kappa shape index (κ1) is 18.9. The van der Waals surface area contributed by atoms with E-state index >= 15 is 0 Å². The first-order valence-corrected chi connectivity index (χ1v) is 10.1. The van der Waals surface area contributed by atoms with Gasteiger partial charge in [-0.05, 0) is 43.9 Å². The zero-order chi connectivity index (χ0) is 19.3. The van der Waals surface area contributed by atoms with Crippen molar-refractivity contribution in [2.75, 3.05) is 13.1 Å². The molecule has 4 nitrogen and oxygen atoms in total. The number of ether oxygens (including phenoxy) is 1. The minimum Gasteiger partial charge on any atom is -0.441 e. The van der Waals surface area contributed by atoms with Crippen LogP contribution >= 0.6 is 0 Å². The van der Waals surface area contributed by atoms with Crippen LogP contribution in [-0.2, 0) is 17.9 Å². The fraction of sp³-hybridized carbons (Fsp3) is 0.375. The zero-order valence-corrected chi connectivity index (χ0v) is 16.7. The molecule has 1 saturated heterocycles. The number of likely N-dealkylation sites (tertiary alicyclic amines) is 1. The summed E-state index contributed by atoms with van der Waals surface area (Å²) in [5.41, 5.74) is 4.55. The van der Waals surface area contributed by atoms with Gasteiger partial charge in [-0.15, -0.1) is 0 Å². The lowest BCUT2D eigenvalue weighted by molar-refractivity contribution is -0.00418. The van der Waals surface area contributed by atoms with E-state index in [1.165, 1.54) is 11.1 Å². The molecule has 0 spiro atoms. The molecular formula is C24H28N2O2. The second kappa shape index (κ2) is 8.72. The predicted octanol–water partition coefficient (Wildman–Crippen LogP) is 5.14. The van der Waals surface area contributed by atoms with E-state index in [0.29, 0.717) is 12.7 Å². The van der Waals surface area contributed by atoms with Crippen molar-refractivity contribution in [1.29, 1.82) is 0 Å². The topological polar surface area (TPSA) is 38.5 Å². The number of nitrogens with zero attached hydrogens (tertiary/aromatic N) is 2. The third-order valence-electron chi connectivity index (χ3n) is 5.50. The zero-order valence-electron chi connectivity index (χ0n) is 16.7. The molecule has 0 unspecified atom stereocenters. The normalized spacial score (nSPS) is 15.8. The summed E-state index contributed by atoms with van der Waals surface area (Å²) in [6, 6.07) is 18.6. The maximum Gasteiger partial charge on any atom is 0.226 e. The van der Waals surface area contributed by atoms with E-state index in [2.05, 4.69) is 48.2 Å². The van der Waals surface area contributed by atoms with E-state index in [4.69, 9.17) is 14.1 Å². The maximum absolute atomic E-state index is 6.11. The summed E-state index contributed by atoms with van der Waals surface area (Å²) in [7, 11) is 0. The summed E-state index contributed by atoms with van der Waals surface area (Å²) in [5.74, 6) is 1.65. The molecule has 3 aromatic rings. The molecule has 4 heteroatoms. The van der Waals surface area contributed by atoms with Crippen LogP contribution in [0.15, 0.2) is 59.0 Å². The largest absolute Gasteiger partial charge is 0.441 e. The Bertz CT molecular complexity index is 896. The fourth-order valence-electron chi connectivity index (χ4n) is 3.74. The van der Waals surface area contributed by atoms with Crippen molar-refractivity contribution < 1.29 is 9.15 Å². The smallest absolute Gasteiger partial charge is 0.226 e. The molecule has 1 aromatic heterocycles. The van der Waals surface area contributed by atoms with Crippen LogP contribution in [0.3, 0.4) is 0 Å². The second-order valence-electron chi connectivity index (χ2n) is 7.61. The fourth-order valence-corrected chi connectivity index (χ4v) is 3.74. The Morgan fingerprint density at radius 2 is 1.71 bits per heavy atom. The van der Waals surface area contributed by atoms with Crippen molar-refractivity contribution in [2.24, 2.45) is 0 Å². The van der Waals surface area contributed by atoms with Crippen LogP contribution in [0.4, 0.5) is 0 Å². The molecular weight excluding hydrogens is 348 g/mol. The lowest BCUT2D eigenvalue weighted by Gasteiger charge is -2.31. The van der Waals surface area contributed by atoms with Gasteiger partial charge in [-0.2, -0.15) is 0 Å². The van der Waals surface area contributed by atoms with E-state index in [9.17, 15) is 0 Å². The number of piperidine rings is 1. The molecule has 0 atom stereocenters. The Balaban J connectivity index is 1.31. The SMILES string of the molecule is Cc1ccccc1-c1nc(CN2CCC(OCc3ccccc3)CC2)c(C)o1. The van der Waals surface area contributed by atoms with Gasteiger partial charge >= 0.3 is 0 Å². The average molecular weight is 377 g/mol. The number of hydrogen-bond acceptors (Lipinski definition) is 4. The van der Waals surface area contributed by atoms with Crippen molar-refractivity contribution in [3.05, 3.63) is 77.2 Å². The number of aromatic nitrogens is 1. The summed E-state index contributed by atoms with van der Waals surface area (Å²) < 4.78 is 12.1. The third-order valence-corrected chi connectivity index (χ3v) is 5.50. The maximum atomic E-state index is 6.11. The van der Waals surface area contributed by atoms with Gasteiger partial charge in [0.25, 0.3) is 0 Å².